The highest BCUT2D eigenvalue weighted by Crippen LogP contribution is 2.53. The molecule has 1 aliphatic carbocycles. The van der Waals surface area contributed by atoms with E-state index >= 15 is 0 Å². The van der Waals surface area contributed by atoms with Crippen LogP contribution in [0, 0.1) is 5.41 Å². The van der Waals surface area contributed by atoms with Gasteiger partial charge in [-0.3, -0.25) is 0 Å². The SMILES string of the molecule is CCOC(=O)C(C)(O)C1(C)CC1. The van der Waals surface area contributed by atoms with E-state index in [1.807, 2.05) is 6.92 Å². The van der Waals surface area contributed by atoms with Crippen LogP contribution in [0.2, 0.25) is 0 Å². The van der Waals surface area contributed by atoms with E-state index in [4.69, 9.17) is 4.74 Å². The van der Waals surface area contributed by atoms with Crippen LogP contribution >= 0.6 is 0 Å². The molecule has 1 atom stereocenters. The summed E-state index contributed by atoms with van der Waals surface area (Å²) in [6, 6.07) is 0. The summed E-state index contributed by atoms with van der Waals surface area (Å²) in [6.45, 7) is 5.51. The fourth-order valence-electron chi connectivity index (χ4n) is 1.19. The first-order chi connectivity index (χ1) is 5.44. The standard InChI is InChI=1S/C9H16O3/c1-4-12-7(10)9(3,11)8(2)5-6-8/h11H,4-6H2,1-3H3. The lowest BCUT2D eigenvalue weighted by atomic mass is 9.88. The van der Waals surface area contributed by atoms with Crippen LogP contribution in [0.1, 0.15) is 33.6 Å². The van der Waals surface area contributed by atoms with Gasteiger partial charge in [0.05, 0.1) is 6.61 Å². The molecular formula is C9H16O3. The molecule has 0 bridgehead atoms. The average molecular weight is 172 g/mol. The highest BCUT2D eigenvalue weighted by molar-refractivity contribution is 5.80. The Balaban J connectivity index is 2.64. The lowest BCUT2D eigenvalue weighted by Gasteiger charge is -2.27. The first kappa shape index (κ1) is 9.52. The Labute approximate surface area is 72.7 Å². The van der Waals surface area contributed by atoms with Crippen molar-refractivity contribution in [2.75, 3.05) is 6.61 Å². The first-order valence-corrected chi connectivity index (χ1v) is 4.33. The zero-order valence-corrected chi connectivity index (χ0v) is 7.89. The van der Waals surface area contributed by atoms with Gasteiger partial charge >= 0.3 is 5.97 Å². The first-order valence-electron chi connectivity index (χ1n) is 4.33. The molecule has 0 heterocycles. The molecule has 0 aromatic rings. The van der Waals surface area contributed by atoms with E-state index < -0.39 is 11.6 Å². The van der Waals surface area contributed by atoms with Crippen LogP contribution in [0.5, 0.6) is 0 Å². The molecule has 0 saturated heterocycles. The lowest BCUT2D eigenvalue weighted by molar-refractivity contribution is -0.170. The highest BCUT2D eigenvalue weighted by Gasteiger charge is 2.57. The van der Waals surface area contributed by atoms with E-state index in [-0.39, 0.29) is 5.41 Å². The molecule has 12 heavy (non-hydrogen) atoms. The minimum absolute atomic E-state index is 0.251. The van der Waals surface area contributed by atoms with Crippen molar-refractivity contribution in [3.05, 3.63) is 0 Å². The molecule has 0 spiro atoms. The number of hydrogen-bond donors (Lipinski definition) is 1. The van der Waals surface area contributed by atoms with E-state index in [0.29, 0.717) is 6.61 Å². The smallest absolute Gasteiger partial charge is 0.338 e. The molecule has 0 aromatic carbocycles. The van der Waals surface area contributed by atoms with Crippen LogP contribution in [0.3, 0.4) is 0 Å². The van der Waals surface area contributed by atoms with E-state index in [0.717, 1.165) is 12.8 Å². The molecule has 1 rings (SSSR count). The Morgan fingerprint density at radius 3 is 2.50 bits per heavy atom. The van der Waals surface area contributed by atoms with E-state index in [1.54, 1.807) is 6.92 Å². The topological polar surface area (TPSA) is 46.5 Å². The zero-order chi connectivity index (χ0) is 9.41. The van der Waals surface area contributed by atoms with E-state index in [2.05, 4.69) is 0 Å². The second kappa shape index (κ2) is 2.73. The van der Waals surface area contributed by atoms with Crippen molar-refractivity contribution in [1.82, 2.24) is 0 Å². The molecule has 0 aromatic heterocycles. The summed E-state index contributed by atoms with van der Waals surface area (Å²) in [5.74, 6) is -0.495. The Hall–Kier alpha value is -0.570. The van der Waals surface area contributed by atoms with Crippen LogP contribution in [0.25, 0.3) is 0 Å². The fourth-order valence-corrected chi connectivity index (χ4v) is 1.19. The number of aliphatic hydroxyl groups is 1. The van der Waals surface area contributed by atoms with Gasteiger partial charge in [-0.2, -0.15) is 0 Å². The van der Waals surface area contributed by atoms with Crippen LogP contribution in [0.15, 0.2) is 0 Å². The molecule has 3 heteroatoms. The third kappa shape index (κ3) is 1.33. The minimum Gasteiger partial charge on any atom is -0.464 e. The summed E-state index contributed by atoms with van der Waals surface area (Å²) >= 11 is 0. The third-order valence-corrected chi connectivity index (χ3v) is 2.85. The summed E-state index contributed by atoms with van der Waals surface area (Å²) in [7, 11) is 0. The summed E-state index contributed by atoms with van der Waals surface area (Å²) in [6.07, 6.45) is 1.80. The van der Waals surface area contributed by atoms with Gasteiger partial charge in [0.25, 0.3) is 0 Å². The largest absolute Gasteiger partial charge is 0.464 e. The van der Waals surface area contributed by atoms with E-state index in [9.17, 15) is 9.90 Å². The summed E-state index contributed by atoms with van der Waals surface area (Å²) in [5.41, 5.74) is -1.55. The molecule has 1 N–H and O–H groups in total. The van der Waals surface area contributed by atoms with Crippen LogP contribution in [-0.4, -0.2) is 23.3 Å². The van der Waals surface area contributed by atoms with Crippen LogP contribution in [-0.2, 0) is 9.53 Å². The Kier molecular flexibility index (Phi) is 2.17. The molecule has 1 saturated carbocycles. The monoisotopic (exact) mass is 172 g/mol. The van der Waals surface area contributed by atoms with Gasteiger partial charge in [0, 0.05) is 5.41 Å². The quantitative estimate of drug-likeness (QED) is 0.648. The fraction of sp³-hybridized carbons (Fsp3) is 0.889. The van der Waals surface area contributed by atoms with Gasteiger partial charge < -0.3 is 9.84 Å². The normalized spacial score (nSPS) is 24.3. The van der Waals surface area contributed by atoms with Gasteiger partial charge in [0.15, 0.2) is 5.60 Å². The lowest BCUT2D eigenvalue weighted by Crippen LogP contribution is -2.44. The summed E-state index contributed by atoms with van der Waals surface area (Å²) in [4.78, 5) is 11.3. The molecule has 0 aliphatic heterocycles. The minimum atomic E-state index is -1.30. The highest BCUT2D eigenvalue weighted by atomic mass is 16.5. The van der Waals surface area contributed by atoms with Crippen LogP contribution < -0.4 is 0 Å². The number of rotatable bonds is 3. The molecule has 0 amide bonds. The number of carbonyl (C=O) groups is 1. The van der Waals surface area contributed by atoms with Gasteiger partial charge in [-0.1, -0.05) is 6.92 Å². The molecular weight excluding hydrogens is 156 g/mol. The molecule has 1 fully saturated rings. The molecule has 1 aliphatic rings. The van der Waals surface area contributed by atoms with Gasteiger partial charge in [-0.15, -0.1) is 0 Å². The maximum Gasteiger partial charge on any atom is 0.338 e. The Morgan fingerprint density at radius 1 is 1.67 bits per heavy atom. The van der Waals surface area contributed by atoms with Gasteiger partial charge in [0.2, 0.25) is 0 Å². The van der Waals surface area contributed by atoms with Crippen LogP contribution in [0.4, 0.5) is 0 Å². The summed E-state index contributed by atoms with van der Waals surface area (Å²) < 4.78 is 4.78. The zero-order valence-electron chi connectivity index (χ0n) is 7.89. The van der Waals surface area contributed by atoms with Crippen molar-refractivity contribution in [2.45, 2.75) is 39.2 Å². The van der Waals surface area contributed by atoms with E-state index in [1.165, 1.54) is 6.92 Å². The second-order valence-electron chi connectivity index (χ2n) is 3.85. The van der Waals surface area contributed by atoms with Crippen molar-refractivity contribution in [1.29, 1.82) is 0 Å². The number of carbonyl (C=O) groups excluding carboxylic acids is 1. The maximum atomic E-state index is 11.3. The van der Waals surface area contributed by atoms with Crippen molar-refractivity contribution in [3.8, 4) is 0 Å². The van der Waals surface area contributed by atoms with Gasteiger partial charge in [0.1, 0.15) is 0 Å². The Bertz CT molecular complexity index is 192. The van der Waals surface area contributed by atoms with Gasteiger partial charge in [-0.05, 0) is 26.7 Å². The van der Waals surface area contributed by atoms with Crippen molar-refractivity contribution >= 4 is 5.97 Å². The number of hydrogen-bond acceptors (Lipinski definition) is 3. The Morgan fingerprint density at radius 2 is 2.17 bits per heavy atom. The summed E-state index contributed by atoms with van der Waals surface area (Å²) in [5, 5.41) is 9.84. The maximum absolute atomic E-state index is 11.3. The second-order valence-corrected chi connectivity index (χ2v) is 3.85. The molecule has 70 valence electrons. The van der Waals surface area contributed by atoms with Crippen molar-refractivity contribution in [3.63, 3.8) is 0 Å². The number of esters is 1. The molecule has 0 radical (unpaired) electrons. The average Bonchev–Trinajstić information content (AvgIpc) is 2.70. The van der Waals surface area contributed by atoms with Gasteiger partial charge in [-0.25, -0.2) is 4.79 Å². The predicted octanol–water partition coefficient (Wildman–Crippen LogP) is 1.10. The predicted molar refractivity (Wildman–Crippen MR) is 44.6 cm³/mol. The van der Waals surface area contributed by atoms with Crippen molar-refractivity contribution in [2.24, 2.45) is 5.41 Å². The molecule has 3 nitrogen and oxygen atoms in total. The number of ether oxygens (including phenoxy) is 1. The molecule has 1 unspecified atom stereocenters. The third-order valence-electron chi connectivity index (χ3n) is 2.85. The van der Waals surface area contributed by atoms with Crippen molar-refractivity contribution < 1.29 is 14.6 Å².